The minimum atomic E-state index is -3.16. The van der Waals surface area contributed by atoms with Crippen LogP contribution in [0.3, 0.4) is 0 Å². The van der Waals surface area contributed by atoms with E-state index in [1.807, 2.05) is 0 Å². The molecule has 0 unspecified atom stereocenters. The average Bonchev–Trinajstić information content (AvgIpc) is 2.99. The molecule has 0 heterocycles. The van der Waals surface area contributed by atoms with Gasteiger partial charge in [0.2, 0.25) is 0 Å². The van der Waals surface area contributed by atoms with Crippen molar-refractivity contribution in [1.29, 1.82) is 0 Å². The Hall–Kier alpha value is -2.95. The molecule has 14 heteroatoms. The lowest BCUT2D eigenvalue weighted by Crippen LogP contribution is -1.95. The summed E-state index contributed by atoms with van der Waals surface area (Å²) in [5.74, 6) is 0. The lowest BCUT2D eigenvalue weighted by molar-refractivity contribution is 0.277. The van der Waals surface area contributed by atoms with Crippen molar-refractivity contribution in [3.63, 3.8) is 0 Å². The molecule has 0 bridgehead atoms. The Balaban J connectivity index is -0.000000496. The van der Waals surface area contributed by atoms with Crippen molar-refractivity contribution >= 4 is 51.9 Å². The Morgan fingerprint density at radius 3 is 0.783 bits per heavy atom. The number of hydrogen-bond acceptors (Lipinski definition) is 11. The smallest absolute Gasteiger partial charge is 0.264 e. The van der Waals surface area contributed by atoms with E-state index in [9.17, 15) is 25.3 Å². The molecule has 0 spiro atoms. The number of hydrogen-bond donors (Lipinski definition) is 0. The molecule has 0 saturated heterocycles. The molecule has 0 aromatic heterocycles. The number of benzene rings is 4. The van der Waals surface area contributed by atoms with Crippen molar-refractivity contribution in [2.45, 2.75) is 13.8 Å². The zero-order valence-electron chi connectivity index (χ0n) is 28.8. The van der Waals surface area contributed by atoms with Crippen LogP contribution in [0.25, 0.3) is 21.5 Å². The van der Waals surface area contributed by atoms with Crippen molar-refractivity contribution in [2.75, 3.05) is 68.5 Å². The molecule has 0 N–H and O–H groups in total. The monoisotopic (exact) mass is 706 g/mol. The summed E-state index contributed by atoms with van der Waals surface area (Å²) in [7, 11) is 0.375. The van der Waals surface area contributed by atoms with E-state index >= 15 is 0 Å². The minimum absolute atomic E-state index is 0.993. The van der Waals surface area contributed by atoms with Gasteiger partial charge in [-0.3, -0.25) is 12.5 Å². The molecule has 0 fully saturated rings. The fraction of sp³-hybridized carbons (Fsp3) is 0.375. The van der Waals surface area contributed by atoms with E-state index in [4.69, 9.17) is 0 Å². The molecule has 11 nitrogen and oxygen atoms in total. The third-order valence-electron chi connectivity index (χ3n) is 4.92. The van der Waals surface area contributed by atoms with Crippen molar-refractivity contribution in [1.82, 2.24) is 0 Å². The average molecular weight is 707 g/mol. The molecule has 0 saturated carbocycles. The number of aryl methyl sites for hydroxylation is 2. The second-order valence-corrected chi connectivity index (χ2v) is 14.2. The van der Waals surface area contributed by atoms with Crippen LogP contribution in [0.15, 0.2) is 84.9 Å². The maximum atomic E-state index is 9.78. The van der Waals surface area contributed by atoms with E-state index in [0.29, 0.717) is 0 Å². The highest BCUT2D eigenvalue weighted by Crippen LogP contribution is 2.17. The number of fused-ring (bicyclic) bond motifs is 2. The Morgan fingerprint density at radius 2 is 0.587 bits per heavy atom. The van der Waals surface area contributed by atoms with Gasteiger partial charge in [0.1, 0.15) is 0 Å². The Labute approximate surface area is 276 Å². The van der Waals surface area contributed by atoms with Gasteiger partial charge in [0.05, 0.1) is 40.1 Å². The predicted octanol–water partition coefficient (Wildman–Crippen LogP) is 5.60. The van der Waals surface area contributed by atoms with Gasteiger partial charge in [-0.1, -0.05) is 84.9 Å². The van der Waals surface area contributed by atoms with Crippen molar-refractivity contribution < 1.29 is 47.3 Å². The predicted molar refractivity (Wildman–Crippen MR) is 189 cm³/mol. The summed E-state index contributed by atoms with van der Waals surface area (Å²) in [4.78, 5) is 0. The van der Waals surface area contributed by atoms with Crippen LogP contribution < -0.4 is 0 Å². The molecule has 0 aliphatic carbocycles. The van der Waals surface area contributed by atoms with E-state index in [2.05, 4.69) is 121 Å². The first-order valence-corrected chi connectivity index (χ1v) is 18.7. The van der Waals surface area contributed by atoms with Crippen LogP contribution in [0.5, 0.6) is 0 Å². The van der Waals surface area contributed by atoms with E-state index in [1.54, 1.807) is 28.4 Å². The fourth-order valence-corrected chi connectivity index (χ4v) is 2.77. The van der Waals surface area contributed by atoms with Gasteiger partial charge in [0.25, 0.3) is 30.4 Å². The summed E-state index contributed by atoms with van der Waals surface area (Å²) in [5.41, 5.74) is 2.70. The number of rotatable bonds is 3. The summed E-state index contributed by atoms with van der Waals surface area (Å²) in [6, 6.07) is 29.7. The molecular weight excluding hydrogens is 657 g/mol. The Kier molecular flexibility index (Phi) is 27.0. The first kappa shape index (κ1) is 47.5. The molecule has 46 heavy (non-hydrogen) atoms. The van der Waals surface area contributed by atoms with Gasteiger partial charge in [-0.15, -0.1) is 0 Å². The van der Waals surface area contributed by atoms with Gasteiger partial charge < -0.3 is 9.47 Å². The highest BCUT2D eigenvalue weighted by Gasteiger charge is 1.94. The van der Waals surface area contributed by atoms with Gasteiger partial charge >= 0.3 is 0 Å². The summed E-state index contributed by atoms with van der Waals surface area (Å²) in [6.45, 7) is 4.28. The van der Waals surface area contributed by atoms with Gasteiger partial charge in [-0.05, 0) is 46.5 Å². The molecule has 0 amide bonds. The number of ether oxygens (including phenoxy) is 2. The first-order chi connectivity index (χ1) is 21.3. The molecule has 0 atom stereocenters. The summed E-state index contributed by atoms with van der Waals surface area (Å²) in [6.07, 6.45) is 2.98. The highest BCUT2D eigenvalue weighted by atomic mass is 32.2. The molecule has 0 aliphatic heterocycles. The van der Waals surface area contributed by atoms with Crippen molar-refractivity contribution in [2.24, 2.45) is 0 Å². The lowest BCUT2D eigenvalue weighted by Gasteiger charge is -1.98. The second kappa shape index (κ2) is 26.2. The maximum Gasteiger partial charge on any atom is 0.264 e. The zero-order valence-corrected chi connectivity index (χ0v) is 31.2. The highest BCUT2D eigenvalue weighted by molar-refractivity contribution is 7.86. The fourth-order valence-electron chi connectivity index (χ4n) is 2.77. The topological polar surface area (TPSA) is 149 Å². The minimum Gasteiger partial charge on any atom is -0.388 e. The summed E-state index contributed by atoms with van der Waals surface area (Å²) >= 11 is 0. The third-order valence-corrected chi connectivity index (χ3v) is 6.74. The standard InChI is InChI=1S/2C11H10.3C2H6O3S.2C2H6O/c2*1-9-5-4-7-10-6-2-3-8-11(9)10;3*1-5-6(2,3)4;2*1-3-2/h2*2-8H,1H3;3*1-2H3;2*1-2H3. The van der Waals surface area contributed by atoms with Crippen LogP contribution in [0.2, 0.25) is 0 Å². The van der Waals surface area contributed by atoms with Crippen LogP contribution in [0, 0.1) is 13.8 Å². The molecule has 4 aromatic rings. The van der Waals surface area contributed by atoms with Crippen LogP contribution in [-0.2, 0) is 52.4 Å². The van der Waals surface area contributed by atoms with Crippen LogP contribution in [0.4, 0.5) is 0 Å². The summed E-state index contributed by atoms with van der Waals surface area (Å²) < 4.78 is 78.9. The molecule has 4 aromatic carbocycles. The van der Waals surface area contributed by atoms with Crippen molar-refractivity contribution in [3.8, 4) is 0 Å². The number of methoxy groups -OCH3 is 2. The quantitative estimate of drug-likeness (QED) is 0.245. The lowest BCUT2D eigenvalue weighted by atomic mass is 10.1. The SMILES string of the molecule is COC.COC.COS(C)(=O)=O.COS(C)(=O)=O.COS(C)(=O)=O.Cc1cccc2ccccc12.Cc1cccc2ccccc12. The Bertz CT molecular complexity index is 1520. The van der Waals surface area contributed by atoms with E-state index in [-0.39, 0.29) is 0 Å². The molecular formula is C32H50O11S3. The van der Waals surface area contributed by atoms with Gasteiger partial charge in [0.15, 0.2) is 0 Å². The van der Waals surface area contributed by atoms with E-state index in [1.165, 1.54) is 32.7 Å². The van der Waals surface area contributed by atoms with Crippen LogP contribution in [0.1, 0.15) is 11.1 Å². The molecule has 0 radical (unpaired) electrons. The molecule has 4 rings (SSSR count). The summed E-state index contributed by atoms with van der Waals surface area (Å²) in [5, 5.41) is 5.37. The maximum absolute atomic E-state index is 9.78. The Morgan fingerprint density at radius 1 is 0.391 bits per heavy atom. The van der Waals surface area contributed by atoms with Gasteiger partial charge in [0, 0.05) is 28.4 Å². The van der Waals surface area contributed by atoms with Crippen LogP contribution >= 0.6 is 0 Å². The van der Waals surface area contributed by atoms with Gasteiger partial charge in [-0.25, -0.2) is 0 Å². The van der Waals surface area contributed by atoms with Crippen LogP contribution in [-0.4, -0.2) is 93.8 Å². The first-order valence-electron chi connectivity index (χ1n) is 13.2. The zero-order chi connectivity index (χ0) is 36.4. The van der Waals surface area contributed by atoms with Gasteiger partial charge in [-0.2, -0.15) is 25.3 Å². The van der Waals surface area contributed by atoms with E-state index in [0.717, 1.165) is 40.1 Å². The molecule has 262 valence electrons. The normalized spacial score (nSPS) is 10.3. The van der Waals surface area contributed by atoms with E-state index < -0.39 is 30.4 Å². The molecule has 0 aliphatic rings. The second-order valence-electron chi connectivity index (χ2n) is 9.02. The third kappa shape index (κ3) is 28.5. The van der Waals surface area contributed by atoms with Crippen molar-refractivity contribution in [3.05, 3.63) is 96.1 Å². The largest absolute Gasteiger partial charge is 0.388 e.